The molecule has 0 aliphatic rings. The van der Waals surface area contributed by atoms with Gasteiger partial charge in [-0.05, 0) is 55.3 Å². The first kappa shape index (κ1) is 18.6. The van der Waals surface area contributed by atoms with Crippen LogP contribution in [0.2, 0.25) is 5.02 Å². The zero-order valence-electron chi connectivity index (χ0n) is 13.2. The SMILES string of the molecule is Cc1c(NS(C)(=O)=O)cc(S(=O)(=O)c2ccc(Cl)cc2)c(O)c1C. The summed E-state index contributed by atoms with van der Waals surface area (Å²) in [5.74, 6) is -0.415. The van der Waals surface area contributed by atoms with Crippen LogP contribution in [0.4, 0.5) is 5.69 Å². The Labute approximate surface area is 146 Å². The van der Waals surface area contributed by atoms with Gasteiger partial charge < -0.3 is 5.11 Å². The van der Waals surface area contributed by atoms with Crippen molar-refractivity contribution in [2.75, 3.05) is 11.0 Å². The Morgan fingerprint density at radius 1 is 1.00 bits per heavy atom. The number of phenols is 1. The molecule has 130 valence electrons. The van der Waals surface area contributed by atoms with E-state index in [2.05, 4.69) is 4.72 Å². The molecule has 9 heteroatoms. The Kier molecular flexibility index (Phi) is 4.85. The Balaban J connectivity index is 2.71. The van der Waals surface area contributed by atoms with E-state index in [1.54, 1.807) is 6.92 Å². The van der Waals surface area contributed by atoms with Crippen LogP contribution in [0.15, 0.2) is 40.1 Å². The van der Waals surface area contributed by atoms with Crippen LogP contribution in [0.25, 0.3) is 0 Å². The predicted molar refractivity (Wildman–Crippen MR) is 93.0 cm³/mol. The number of nitrogens with one attached hydrogen (secondary N) is 1. The molecule has 0 saturated carbocycles. The molecule has 0 amide bonds. The molecule has 0 heterocycles. The molecule has 2 N–H and O–H groups in total. The topological polar surface area (TPSA) is 101 Å². The predicted octanol–water partition coefficient (Wildman–Crippen LogP) is 2.87. The fourth-order valence-corrected chi connectivity index (χ4v) is 4.29. The molecule has 2 aromatic rings. The minimum absolute atomic E-state index is 0.0595. The summed E-state index contributed by atoms with van der Waals surface area (Å²) in [5, 5.41) is 10.6. The average Bonchev–Trinajstić information content (AvgIpc) is 2.47. The standard InChI is InChI=1S/C15H16ClNO5S2/c1-9-10(2)15(18)14(8-13(9)17-23(3,19)20)24(21,22)12-6-4-11(16)5-7-12/h4-8,17-18H,1-3H3. The highest BCUT2D eigenvalue weighted by atomic mass is 35.5. The summed E-state index contributed by atoms with van der Waals surface area (Å²) in [5.41, 5.74) is 0.810. The van der Waals surface area contributed by atoms with Gasteiger partial charge in [0.15, 0.2) is 0 Å². The van der Waals surface area contributed by atoms with Gasteiger partial charge in [0.2, 0.25) is 19.9 Å². The van der Waals surface area contributed by atoms with Gasteiger partial charge in [0.1, 0.15) is 10.6 Å². The van der Waals surface area contributed by atoms with Crippen molar-refractivity contribution in [2.45, 2.75) is 23.6 Å². The lowest BCUT2D eigenvalue weighted by Gasteiger charge is -2.16. The van der Waals surface area contributed by atoms with E-state index >= 15 is 0 Å². The van der Waals surface area contributed by atoms with Crippen LogP contribution in [-0.2, 0) is 19.9 Å². The summed E-state index contributed by atoms with van der Waals surface area (Å²) in [6, 6.07) is 6.58. The van der Waals surface area contributed by atoms with E-state index in [0.29, 0.717) is 10.6 Å². The number of hydrogen-bond acceptors (Lipinski definition) is 5. The zero-order valence-corrected chi connectivity index (χ0v) is 15.6. The third-order valence-electron chi connectivity index (χ3n) is 3.54. The number of rotatable bonds is 4. The van der Waals surface area contributed by atoms with Gasteiger partial charge in [-0.2, -0.15) is 0 Å². The van der Waals surface area contributed by atoms with Gasteiger partial charge in [0.05, 0.1) is 16.8 Å². The molecular weight excluding hydrogens is 374 g/mol. The summed E-state index contributed by atoms with van der Waals surface area (Å²) in [7, 11) is -7.65. The molecule has 0 unspecified atom stereocenters. The molecule has 0 spiro atoms. The van der Waals surface area contributed by atoms with Crippen molar-refractivity contribution in [3.8, 4) is 5.75 Å². The molecule has 6 nitrogen and oxygen atoms in total. The minimum Gasteiger partial charge on any atom is -0.506 e. The lowest BCUT2D eigenvalue weighted by Crippen LogP contribution is -2.13. The molecule has 24 heavy (non-hydrogen) atoms. The fraction of sp³-hybridized carbons (Fsp3) is 0.200. The second-order valence-electron chi connectivity index (χ2n) is 5.35. The Morgan fingerprint density at radius 3 is 2.04 bits per heavy atom. The normalized spacial score (nSPS) is 12.2. The third-order valence-corrected chi connectivity index (χ3v) is 6.17. The molecule has 0 saturated heterocycles. The molecule has 0 aliphatic heterocycles. The van der Waals surface area contributed by atoms with E-state index in [4.69, 9.17) is 11.6 Å². The first-order valence-electron chi connectivity index (χ1n) is 6.75. The zero-order chi connectivity index (χ0) is 18.3. The van der Waals surface area contributed by atoms with Gasteiger partial charge in [-0.15, -0.1) is 0 Å². The van der Waals surface area contributed by atoms with Gasteiger partial charge in [0.25, 0.3) is 0 Å². The third kappa shape index (κ3) is 3.66. The van der Waals surface area contributed by atoms with Crippen LogP contribution in [-0.4, -0.2) is 28.2 Å². The van der Waals surface area contributed by atoms with Crippen molar-refractivity contribution in [3.63, 3.8) is 0 Å². The van der Waals surface area contributed by atoms with Crippen molar-refractivity contribution in [1.29, 1.82) is 0 Å². The molecule has 0 atom stereocenters. The van der Waals surface area contributed by atoms with Crippen LogP contribution in [0, 0.1) is 13.8 Å². The van der Waals surface area contributed by atoms with E-state index in [1.165, 1.54) is 31.2 Å². The average molecular weight is 390 g/mol. The molecule has 0 aliphatic carbocycles. The van der Waals surface area contributed by atoms with Gasteiger partial charge in [-0.1, -0.05) is 11.6 Å². The highest BCUT2D eigenvalue weighted by Crippen LogP contribution is 2.37. The maximum Gasteiger partial charge on any atom is 0.229 e. The Morgan fingerprint density at radius 2 is 1.54 bits per heavy atom. The maximum absolute atomic E-state index is 12.8. The smallest absolute Gasteiger partial charge is 0.229 e. The van der Waals surface area contributed by atoms with Crippen LogP contribution in [0.1, 0.15) is 11.1 Å². The number of hydrogen-bond donors (Lipinski definition) is 2. The van der Waals surface area contributed by atoms with Gasteiger partial charge >= 0.3 is 0 Å². The van der Waals surface area contributed by atoms with Gasteiger partial charge in [0, 0.05) is 5.02 Å². The molecule has 0 aromatic heterocycles. The van der Waals surface area contributed by atoms with Crippen LogP contribution in [0.5, 0.6) is 5.75 Å². The van der Waals surface area contributed by atoms with Crippen molar-refractivity contribution < 1.29 is 21.9 Å². The first-order chi connectivity index (χ1) is 10.9. The lowest BCUT2D eigenvalue weighted by atomic mass is 10.1. The highest BCUT2D eigenvalue weighted by Gasteiger charge is 2.25. The second-order valence-corrected chi connectivity index (χ2v) is 9.46. The maximum atomic E-state index is 12.8. The van der Waals surface area contributed by atoms with E-state index in [9.17, 15) is 21.9 Å². The number of anilines is 1. The van der Waals surface area contributed by atoms with E-state index in [0.717, 1.165) is 12.3 Å². The number of phenolic OH excluding ortho intramolecular Hbond substituents is 1. The number of benzene rings is 2. The monoisotopic (exact) mass is 389 g/mol. The summed E-state index contributed by atoms with van der Waals surface area (Å²) in [6.45, 7) is 3.10. The van der Waals surface area contributed by atoms with Crippen molar-refractivity contribution >= 4 is 37.1 Å². The molecule has 2 rings (SSSR count). The van der Waals surface area contributed by atoms with Crippen LogP contribution >= 0.6 is 11.6 Å². The highest BCUT2D eigenvalue weighted by molar-refractivity contribution is 7.92. The minimum atomic E-state index is -4.05. The summed E-state index contributed by atoms with van der Waals surface area (Å²) < 4.78 is 50.8. The van der Waals surface area contributed by atoms with E-state index in [-0.39, 0.29) is 21.0 Å². The van der Waals surface area contributed by atoms with Crippen molar-refractivity contribution in [2.24, 2.45) is 0 Å². The Bertz CT molecular complexity index is 997. The van der Waals surface area contributed by atoms with Crippen molar-refractivity contribution in [3.05, 3.63) is 46.5 Å². The number of aromatic hydroxyl groups is 1. The first-order valence-corrected chi connectivity index (χ1v) is 10.5. The van der Waals surface area contributed by atoms with E-state index in [1.807, 2.05) is 0 Å². The van der Waals surface area contributed by atoms with Gasteiger partial charge in [-0.3, -0.25) is 4.72 Å². The molecule has 0 fully saturated rings. The largest absolute Gasteiger partial charge is 0.506 e. The fourth-order valence-electron chi connectivity index (χ4n) is 2.12. The van der Waals surface area contributed by atoms with Gasteiger partial charge in [-0.25, -0.2) is 16.8 Å². The van der Waals surface area contributed by atoms with Crippen LogP contribution in [0.3, 0.4) is 0 Å². The number of sulfone groups is 1. The number of sulfonamides is 1. The molecule has 0 radical (unpaired) electrons. The summed E-state index contributed by atoms with van der Waals surface area (Å²) in [4.78, 5) is -0.435. The molecular formula is C15H16ClNO5S2. The Hall–Kier alpha value is -1.77. The summed E-state index contributed by atoms with van der Waals surface area (Å²) in [6.07, 6.45) is 0.960. The van der Waals surface area contributed by atoms with Crippen LogP contribution < -0.4 is 4.72 Å². The quantitative estimate of drug-likeness (QED) is 0.783. The van der Waals surface area contributed by atoms with E-state index < -0.39 is 25.6 Å². The second kappa shape index (κ2) is 6.27. The summed E-state index contributed by atoms with van der Waals surface area (Å²) >= 11 is 5.76. The van der Waals surface area contributed by atoms with Crippen molar-refractivity contribution in [1.82, 2.24) is 0 Å². The lowest BCUT2D eigenvalue weighted by molar-refractivity contribution is 0.454. The number of halogens is 1. The molecule has 2 aromatic carbocycles. The molecule has 0 bridgehead atoms.